The molecule has 0 aliphatic carbocycles. The van der Waals surface area contributed by atoms with Gasteiger partial charge in [0, 0.05) is 0 Å². The first kappa shape index (κ1) is 15.9. The van der Waals surface area contributed by atoms with Crippen LogP contribution < -0.4 is 0 Å². The maximum atomic E-state index is 12.3. The third kappa shape index (κ3) is 3.17. The van der Waals surface area contributed by atoms with Gasteiger partial charge in [0.1, 0.15) is 0 Å². The van der Waals surface area contributed by atoms with Crippen LogP contribution in [0, 0.1) is 0 Å². The van der Waals surface area contributed by atoms with E-state index in [1.54, 1.807) is 0 Å². The van der Waals surface area contributed by atoms with Crippen molar-refractivity contribution in [1.82, 2.24) is 0 Å². The third-order valence-electron chi connectivity index (χ3n) is 1.31. The van der Waals surface area contributed by atoms with Crippen molar-refractivity contribution in [3.63, 3.8) is 0 Å². The van der Waals surface area contributed by atoms with E-state index in [1.165, 1.54) is 0 Å². The summed E-state index contributed by atoms with van der Waals surface area (Å²) in [4.78, 5) is 0. The van der Waals surface area contributed by atoms with Crippen molar-refractivity contribution in [2.45, 2.75) is 24.3 Å². The zero-order valence-corrected chi connectivity index (χ0v) is 7.46. The monoisotopic (exact) mass is 278 g/mol. The summed E-state index contributed by atoms with van der Waals surface area (Å²) in [6.45, 7) is 1.82. The van der Waals surface area contributed by atoms with Gasteiger partial charge >= 0.3 is 24.3 Å². The lowest BCUT2D eigenvalue weighted by Crippen LogP contribution is -2.55. The molecule has 11 heteroatoms. The van der Waals surface area contributed by atoms with E-state index in [1.807, 2.05) is 6.58 Å². The number of hydrogen-bond acceptors (Lipinski definition) is 2. The molecule has 0 unspecified atom stereocenters. The Morgan fingerprint density at radius 2 is 1.24 bits per heavy atom. The van der Waals surface area contributed by atoms with Crippen LogP contribution in [-0.2, 0) is 4.74 Å². The van der Waals surface area contributed by atoms with Gasteiger partial charge in [-0.25, -0.2) is 0 Å². The van der Waals surface area contributed by atoms with Crippen molar-refractivity contribution in [3.8, 4) is 0 Å². The molecule has 0 heterocycles. The zero-order valence-electron chi connectivity index (χ0n) is 7.46. The lowest BCUT2D eigenvalue weighted by atomic mass is 10.3. The highest BCUT2D eigenvalue weighted by atomic mass is 19.4. The van der Waals surface area contributed by atoms with E-state index in [0.717, 1.165) is 0 Å². The highest BCUT2D eigenvalue weighted by Gasteiger charge is 2.75. The number of rotatable bonds is 4. The summed E-state index contributed by atoms with van der Waals surface area (Å²) in [5.41, 5.74) is 0. The van der Waals surface area contributed by atoms with E-state index in [4.69, 9.17) is 5.11 Å². The smallest absolute Gasteiger partial charge is 0.423 e. The quantitative estimate of drug-likeness (QED) is 0.633. The van der Waals surface area contributed by atoms with Crippen molar-refractivity contribution in [3.05, 3.63) is 12.3 Å². The molecule has 0 saturated heterocycles. The van der Waals surface area contributed by atoms with Gasteiger partial charge in [0.15, 0.2) is 5.76 Å². The van der Waals surface area contributed by atoms with Gasteiger partial charge in [0.25, 0.3) is 0 Å². The lowest BCUT2D eigenvalue weighted by Gasteiger charge is -2.29. The molecule has 0 aromatic carbocycles. The predicted octanol–water partition coefficient (Wildman–Crippen LogP) is 2.89. The highest BCUT2D eigenvalue weighted by molar-refractivity contribution is 4.96. The Bertz CT molecular complexity index is 300. The maximum absolute atomic E-state index is 12.3. The van der Waals surface area contributed by atoms with Crippen LogP contribution in [0.25, 0.3) is 0 Å². The molecule has 1 N–H and O–H groups in total. The Morgan fingerprint density at radius 1 is 0.882 bits per heavy atom. The first-order valence-electron chi connectivity index (χ1n) is 3.44. The number of halogens is 9. The Kier molecular flexibility index (Phi) is 3.70. The second-order valence-corrected chi connectivity index (χ2v) is 2.66. The molecule has 17 heavy (non-hydrogen) atoms. The minimum absolute atomic E-state index is 1.82. The zero-order chi connectivity index (χ0) is 14.3. The number of ether oxygens (including phenoxy) is 1. The number of hydrogen-bond donors (Lipinski definition) is 1. The molecule has 0 spiro atoms. The summed E-state index contributed by atoms with van der Waals surface area (Å²) in [7, 11) is 0. The molecule has 0 rings (SSSR count). The maximum Gasteiger partial charge on any atom is 0.473 e. The van der Waals surface area contributed by atoms with Crippen LogP contribution in [0.2, 0.25) is 0 Å². The SMILES string of the molecule is C=C(OC(F)(F)C(F)(F)C(O)(F)F)C(F)(F)F. The summed E-state index contributed by atoms with van der Waals surface area (Å²) in [6, 6.07) is 0. The molecule has 0 aliphatic heterocycles. The number of alkyl halides is 9. The lowest BCUT2D eigenvalue weighted by molar-refractivity contribution is -0.439. The van der Waals surface area contributed by atoms with Crippen molar-refractivity contribution in [2.24, 2.45) is 0 Å². The minimum Gasteiger partial charge on any atom is -0.423 e. The summed E-state index contributed by atoms with van der Waals surface area (Å²) >= 11 is 0. The Hall–Kier alpha value is -1.13. The molecular formula is C6H3F9O2. The standard InChI is InChI=1S/C6H3F9O2/c1-2(3(7,8)9)17-6(14,15)4(10,11)5(12,13)16/h16H,1H2. The van der Waals surface area contributed by atoms with Crippen LogP contribution in [0.3, 0.4) is 0 Å². The topological polar surface area (TPSA) is 29.5 Å². The molecule has 102 valence electrons. The molecule has 0 amide bonds. The molecule has 0 aliphatic rings. The van der Waals surface area contributed by atoms with E-state index in [0.29, 0.717) is 0 Å². The van der Waals surface area contributed by atoms with Gasteiger partial charge in [-0.2, -0.15) is 39.5 Å². The fourth-order valence-corrected chi connectivity index (χ4v) is 0.452. The van der Waals surface area contributed by atoms with Crippen LogP contribution in [0.4, 0.5) is 39.5 Å². The molecule has 0 radical (unpaired) electrons. The summed E-state index contributed by atoms with van der Waals surface area (Å²) < 4.78 is 109. The fourth-order valence-electron chi connectivity index (χ4n) is 0.452. The summed E-state index contributed by atoms with van der Waals surface area (Å²) in [6.07, 6.45) is -18.2. The fraction of sp³-hybridized carbons (Fsp3) is 0.667. The molecule has 0 saturated carbocycles. The van der Waals surface area contributed by atoms with Crippen molar-refractivity contribution in [2.75, 3.05) is 0 Å². The Morgan fingerprint density at radius 3 is 1.47 bits per heavy atom. The normalized spacial score (nSPS) is 14.7. The van der Waals surface area contributed by atoms with Gasteiger partial charge in [-0.15, -0.1) is 0 Å². The van der Waals surface area contributed by atoms with Crippen LogP contribution in [-0.4, -0.2) is 29.4 Å². The van der Waals surface area contributed by atoms with Crippen LogP contribution in [0.5, 0.6) is 0 Å². The van der Waals surface area contributed by atoms with E-state index < -0.39 is 30.1 Å². The van der Waals surface area contributed by atoms with E-state index >= 15 is 0 Å². The van der Waals surface area contributed by atoms with E-state index in [-0.39, 0.29) is 0 Å². The first-order chi connectivity index (χ1) is 7.13. The summed E-state index contributed by atoms with van der Waals surface area (Å²) in [5, 5.41) is 7.44. The second kappa shape index (κ2) is 3.96. The largest absolute Gasteiger partial charge is 0.473 e. The van der Waals surface area contributed by atoms with Gasteiger partial charge in [-0.05, 0) is 0 Å². The van der Waals surface area contributed by atoms with Crippen LogP contribution in [0.15, 0.2) is 12.3 Å². The molecule has 2 nitrogen and oxygen atoms in total. The number of aliphatic hydroxyl groups is 1. The molecule has 0 fully saturated rings. The molecule has 0 bridgehead atoms. The number of allylic oxidation sites excluding steroid dienone is 1. The van der Waals surface area contributed by atoms with E-state index in [9.17, 15) is 39.5 Å². The van der Waals surface area contributed by atoms with Gasteiger partial charge in [-0.3, -0.25) is 0 Å². The van der Waals surface area contributed by atoms with Crippen LogP contribution in [0.1, 0.15) is 0 Å². The van der Waals surface area contributed by atoms with Gasteiger partial charge < -0.3 is 9.84 Å². The highest BCUT2D eigenvalue weighted by Crippen LogP contribution is 2.46. The van der Waals surface area contributed by atoms with E-state index in [2.05, 4.69) is 4.74 Å². The Balaban J connectivity index is 5.12. The summed E-state index contributed by atoms with van der Waals surface area (Å²) in [5.74, 6) is -9.37. The molecule has 0 atom stereocenters. The van der Waals surface area contributed by atoms with Crippen molar-refractivity contribution in [1.29, 1.82) is 0 Å². The van der Waals surface area contributed by atoms with Gasteiger partial charge in [-0.1, -0.05) is 6.58 Å². The molecule has 0 aromatic heterocycles. The average Bonchev–Trinajstić information content (AvgIpc) is 1.98. The first-order valence-corrected chi connectivity index (χ1v) is 3.44. The van der Waals surface area contributed by atoms with Gasteiger partial charge in [0.2, 0.25) is 0 Å². The van der Waals surface area contributed by atoms with Crippen LogP contribution >= 0.6 is 0 Å². The minimum atomic E-state index is -6.56. The van der Waals surface area contributed by atoms with Gasteiger partial charge in [0.05, 0.1) is 0 Å². The average molecular weight is 278 g/mol. The molecular weight excluding hydrogens is 275 g/mol. The predicted molar refractivity (Wildman–Crippen MR) is 33.3 cm³/mol. The second-order valence-electron chi connectivity index (χ2n) is 2.66. The van der Waals surface area contributed by atoms with Crippen molar-refractivity contribution >= 4 is 0 Å². The molecule has 0 aromatic rings. The van der Waals surface area contributed by atoms with Crippen molar-refractivity contribution < 1.29 is 49.4 Å². The Labute approximate surface area is 87.3 Å². The third-order valence-corrected chi connectivity index (χ3v) is 1.31.